The minimum absolute atomic E-state index is 0.202. The number of esters is 1. The predicted octanol–water partition coefficient (Wildman–Crippen LogP) is 4.21. The van der Waals surface area contributed by atoms with Crippen molar-refractivity contribution in [1.82, 2.24) is 0 Å². The van der Waals surface area contributed by atoms with Crippen molar-refractivity contribution in [3.63, 3.8) is 0 Å². The molecule has 0 bridgehead atoms. The summed E-state index contributed by atoms with van der Waals surface area (Å²) in [6, 6.07) is 14.2. The SMILES string of the molecule is CCCCOC(=O)c1cccc2c1-c1ccccc1C2. The standard InChI is InChI=1S/C18H18O2/c1-2-3-11-20-18(19)16-10-6-8-14-12-13-7-4-5-9-15(13)17(14)16/h4-10H,2-3,11-12H2,1H3. The fourth-order valence-electron chi connectivity index (χ4n) is 2.75. The van der Waals surface area contributed by atoms with Gasteiger partial charge in [-0.15, -0.1) is 0 Å². The molecule has 0 atom stereocenters. The smallest absolute Gasteiger partial charge is 0.338 e. The van der Waals surface area contributed by atoms with Crippen molar-refractivity contribution in [1.29, 1.82) is 0 Å². The Morgan fingerprint density at radius 3 is 2.75 bits per heavy atom. The van der Waals surface area contributed by atoms with Gasteiger partial charge in [0.25, 0.3) is 0 Å². The molecule has 1 aliphatic carbocycles. The minimum Gasteiger partial charge on any atom is -0.462 e. The summed E-state index contributed by atoms with van der Waals surface area (Å²) in [5.74, 6) is -0.202. The zero-order chi connectivity index (χ0) is 13.9. The van der Waals surface area contributed by atoms with Gasteiger partial charge in [-0.05, 0) is 41.2 Å². The van der Waals surface area contributed by atoms with Gasteiger partial charge in [-0.2, -0.15) is 0 Å². The Morgan fingerprint density at radius 1 is 1.10 bits per heavy atom. The van der Waals surface area contributed by atoms with Crippen molar-refractivity contribution >= 4 is 5.97 Å². The average molecular weight is 266 g/mol. The van der Waals surface area contributed by atoms with Crippen LogP contribution in [-0.4, -0.2) is 12.6 Å². The van der Waals surface area contributed by atoms with Crippen LogP contribution in [0.25, 0.3) is 11.1 Å². The van der Waals surface area contributed by atoms with Crippen LogP contribution < -0.4 is 0 Å². The van der Waals surface area contributed by atoms with Crippen LogP contribution in [0, 0.1) is 0 Å². The van der Waals surface area contributed by atoms with Crippen LogP contribution in [-0.2, 0) is 11.2 Å². The number of unbranched alkanes of at least 4 members (excludes halogenated alkanes) is 1. The van der Waals surface area contributed by atoms with Crippen LogP contribution in [0.5, 0.6) is 0 Å². The monoisotopic (exact) mass is 266 g/mol. The molecule has 0 aromatic heterocycles. The molecule has 2 heteroatoms. The van der Waals surface area contributed by atoms with E-state index in [-0.39, 0.29) is 5.97 Å². The van der Waals surface area contributed by atoms with Gasteiger partial charge < -0.3 is 4.74 Å². The number of benzene rings is 2. The number of ether oxygens (including phenoxy) is 1. The zero-order valence-corrected chi connectivity index (χ0v) is 11.7. The third-order valence-electron chi connectivity index (χ3n) is 3.77. The maximum absolute atomic E-state index is 12.3. The van der Waals surface area contributed by atoms with Gasteiger partial charge in [0, 0.05) is 0 Å². The number of carbonyl (C=O) groups excluding carboxylic acids is 1. The van der Waals surface area contributed by atoms with E-state index in [4.69, 9.17) is 4.74 Å². The maximum Gasteiger partial charge on any atom is 0.338 e. The Labute approximate surface area is 119 Å². The molecule has 0 heterocycles. The molecule has 3 rings (SSSR count). The lowest BCUT2D eigenvalue weighted by atomic mass is 10.00. The summed E-state index contributed by atoms with van der Waals surface area (Å²) in [4.78, 5) is 12.3. The molecular formula is C18H18O2. The first-order chi connectivity index (χ1) is 9.81. The molecule has 0 spiro atoms. The molecule has 0 fully saturated rings. The van der Waals surface area contributed by atoms with Gasteiger partial charge in [-0.3, -0.25) is 0 Å². The minimum atomic E-state index is -0.202. The third-order valence-corrected chi connectivity index (χ3v) is 3.77. The van der Waals surface area contributed by atoms with Crippen LogP contribution in [0.3, 0.4) is 0 Å². The Kier molecular flexibility index (Phi) is 3.55. The van der Waals surface area contributed by atoms with Gasteiger partial charge in [0.2, 0.25) is 0 Å². The van der Waals surface area contributed by atoms with Crippen molar-refractivity contribution in [2.75, 3.05) is 6.61 Å². The Balaban J connectivity index is 1.96. The lowest BCUT2D eigenvalue weighted by Gasteiger charge is -2.09. The second-order valence-corrected chi connectivity index (χ2v) is 5.16. The van der Waals surface area contributed by atoms with E-state index in [1.54, 1.807) is 0 Å². The van der Waals surface area contributed by atoms with Crippen LogP contribution >= 0.6 is 0 Å². The first-order valence-corrected chi connectivity index (χ1v) is 7.18. The summed E-state index contributed by atoms with van der Waals surface area (Å²) in [5, 5.41) is 0. The molecular weight excluding hydrogens is 248 g/mol. The van der Waals surface area contributed by atoms with Gasteiger partial charge in [0.15, 0.2) is 0 Å². The summed E-state index contributed by atoms with van der Waals surface area (Å²) in [6.07, 6.45) is 2.85. The first-order valence-electron chi connectivity index (χ1n) is 7.18. The summed E-state index contributed by atoms with van der Waals surface area (Å²) in [6.45, 7) is 2.59. The number of rotatable bonds is 4. The van der Waals surface area contributed by atoms with Crippen LogP contribution in [0.15, 0.2) is 42.5 Å². The number of hydrogen-bond acceptors (Lipinski definition) is 2. The Bertz CT molecular complexity index is 644. The molecule has 2 nitrogen and oxygen atoms in total. The highest BCUT2D eigenvalue weighted by atomic mass is 16.5. The van der Waals surface area contributed by atoms with Crippen molar-refractivity contribution in [3.8, 4) is 11.1 Å². The fourth-order valence-corrected chi connectivity index (χ4v) is 2.75. The van der Waals surface area contributed by atoms with Crippen molar-refractivity contribution < 1.29 is 9.53 Å². The number of carbonyl (C=O) groups is 1. The van der Waals surface area contributed by atoms with E-state index in [2.05, 4.69) is 25.1 Å². The normalized spacial score (nSPS) is 11.8. The first kappa shape index (κ1) is 12.9. The van der Waals surface area contributed by atoms with E-state index in [1.807, 2.05) is 24.3 Å². The summed E-state index contributed by atoms with van der Waals surface area (Å²) in [5.41, 5.74) is 5.44. The lowest BCUT2D eigenvalue weighted by molar-refractivity contribution is 0.0500. The molecule has 0 saturated carbocycles. The van der Waals surface area contributed by atoms with E-state index < -0.39 is 0 Å². The summed E-state index contributed by atoms with van der Waals surface area (Å²) >= 11 is 0. The molecule has 0 N–H and O–H groups in total. The van der Waals surface area contributed by atoms with Crippen molar-refractivity contribution in [2.24, 2.45) is 0 Å². The highest BCUT2D eigenvalue weighted by Crippen LogP contribution is 2.38. The molecule has 0 aliphatic heterocycles. The van der Waals surface area contributed by atoms with Crippen molar-refractivity contribution in [2.45, 2.75) is 26.2 Å². The molecule has 2 aromatic carbocycles. The number of hydrogen-bond donors (Lipinski definition) is 0. The van der Waals surface area contributed by atoms with E-state index in [0.29, 0.717) is 12.2 Å². The summed E-state index contributed by atoms with van der Waals surface area (Å²) in [7, 11) is 0. The van der Waals surface area contributed by atoms with Gasteiger partial charge >= 0.3 is 5.97 Å². The third kappa shape index (κ3) is 2.22. The van der Waals surface area contributed by atoms with E-state index in [0.717, 1.165) is 24.8 Å². The molecule has 0 saturated heterocycles. The second kappa shape index (κ2) is 5.49. The fraction of sp³-hybridized carbons (Fsp3) is 0.278. The molecule has 0 radical (unpaired) electrons. The summed E-state index contributed by atoms with van der Waals surface area (Å²) < 4.78 is 5.37. The average Bonchev–Trinajstić information content (AvgIpc) is 2.85. The molecule has 102 valence electrons. The highest BCUT2D eigenvalue weighted by Gasteiger charge is 2.24. The lowest BCUT2D eigenvalue weighted by Crippen LogP contribution is -2.08. The second-order valence-electron chi connectivity index (χ2n) is 5.16. The molecule has 20 heavy (non-hydrogen) atoms. The number of fused-ring (bicyclic) bond motifs is 3. The van der Waals surface area contributed by atoms with Crippen LogP contribution in [0.1, 0.15) is 41.3 Å². The highest BCUT2D eigenvalue weighted by molar-refractivity contribution is 6.00. The van der Waals surface area contributed by atoms with E-state index >= 15 is 0 Å². The Hall–Kier alpha value is -2.09. The van der Waals surface area contributed by atoms with Gasteiger partial charge in [-0.1, -0.05) is 49.7 Å². The Morgan fingerprint density at radius 2 is 1.90 bits per heavy atom. The van der Waals surface area contributed by atoms with Crippen LogP contribution in [0.2, 0.25) is 0 Å². The predicted molar refractivity (Wildman–Crippen MR) is 79.9 cm³/mol. The zero-order valence-electron chi connectivity index (χ0n) is 11.7. The molecule has 2 aromatic rings. The van der Waals surface area contributed by atoms with E-state index in [9.17, 15) is 4.79 Å². The molecule has 1 aliphatic rings. The quantitative estimate of drug-likeness (QED) is 0.522. The topological polar surface area (TPSA) is 26.3 Å². The van der Waals surface area contributed by atoms with E-state index in [1.165, 1.54) is 16.7 Å². The van der Waals surface area contributed by atoms with Crippen LogP contribution in [0.4, 0.5) is 0 Å². The molecule has 0 amide bonds. The van der Waals surface area contributed by atoms with Gasteiger partial charge in [0.05, 0.1) is 12.2 Å². The maximum atomic E-state index is 12.3. The van der Waals surface area contributed by atoms with Crippen molar-refractivity contribution in [3.05, 3.63) is 59.2 Å². The molecule has 0 unspecified atom stereocenters. The largest absolute Gasteiger partial charge is 0.462 e. The van der Waals surface area contributed by atoms with Gasteiger partial charge in [0.1, 0.15) is 0 Å². The van der Waals surface area contributed by atoms with Gasteiger partial charge in [-0.25, -0.2) is 4.79 Å².